The van der Waals surface area contributed by atoms with Crippen molar-refractivity contribution in [2.75, 3.05) is 0 Å². The van der Waals surface area contributed by atoms with Gasteiger partial charge in [0.05, 0.1) is 0 Å². The third-order valence-electron chi connectivity index (χ3n) is 3.21. The van der Waals surface area contributed by atoms with Gasteiger partial charge in [0.25, 0.3) is 0 Å². The van der Waals surface area contributed by atoms with Crippen LogP contribution in [0.2, 0.25) is 0 Å². The molecule has 2 nitrogen and oxygen atoms in total. The lowest BCUT2D eigenvalue weighted by molar-refractivity contribution is 0.295. The zero-order valence-corrected chi connectivity index (χ0v) is 13.3. The molecular weight excluding hydrogens is 345 g/mol. The summed E-state index contributed by atoms with van der Waals surface area (Å²) in [6.45, 7) is 0.392. The Hall–Kier alpha value is -2.20. The normalized spacial score (nSPS) is 10.5. The van der Waals surface area contributed by atoms with Crippen LogP contribution in [-0.4, -0.2) is 4.98 Å². The third-order valence-corrected chi connectivity index (χ3v) is 3.70. The van der Waals surface area contributed by atoms with Crippen LogP contribution < -0.4 is 4.74 Å². The number of benzene rings is 2. The molecule has 1 aromatic heterocycles. The summed E-state index contributed by atoms with van der Waals surface area (Å²) in [7, 11) is 0. The van der Waals surface area contributed by atoms with Gasteiger partial charge in [-0.05, 0) is 29.8 Å². The Kier molecular flexibility index (Phi) is 4.49. The lowest BCUT2D eigenvalue weighted by atomic mass is 10.1. The predicted molar refractivity (Wildman–Crippen MR) is 88.1 cm³/mol. The van der Waals surface area contributed by atoms with Crippen molar-refractivity contribution in [1.82, 2.24) is 4.98 Å². The van der Waals surface area contributed by atoms with E-state index in [4.69, 9.17) is 4.74 Å². The van der Waals surface area contributed by atoms with Crippen molar-refractivity contribution in [3.8, 4) is 17.0 Å². The highest BCUT2D eigenvalue weighted by molar-refractivity contribution is 9.10. The van der Waals surface area contributed by atoms with Gasteiger partial charge >= 0.3 is 0 Å². The van der Waals surface area contributed by atoms with Crippen molar-refractivity contribution in [2.24, 2.45) is 0 Å². The number of nitrogens with zero attached hydrogens (tertiary/aromatic N) is 1. The van der Waals surface area contributed by atoms with Gasteiger partial charge in [-0.15, -0.1) is 0 Å². The van der Waals surface area contributed by atoms with Gasteiger partial charge in [-0.1, -0.05) is 52.3 Å². The van der Waals surface area contributed by atoms with Gasteiger partial charge in [0, 0.05) is 21.8 Å². The maximum Gasteiger partial charge on any atom is 0.221 e. The third kappa shape index (κ3) is 3.34. The molecule has 0 saturated heterocycles. The molecule has 0 amide bonds. The molecule has 0 N–H and O–H groups in total. The molecule has 2 aromatic carbocycles. The summed E-state index contributed by atoms with van der Waals surface area (Å²) in [5.74, 6) is 0.111. The quantitative estimate of drug-likeness (QED) is 0.637. The molecule has 0 aliphatic rings. The van der Waals surface area contributed by atoms with E-state index < -0.39 is 0 Å². The van der Waals surface area contributed by atoms with E-state index in [-0.39, 0.29) is 5.82 Å². The smallest absolute Gasteiger partial charge is 0.221 e. The van der Waals surface area contributed by atoms with Crippen molar-refractivity contribution in [3.05, 3.63) is 82.7 Å². The summed E-state index contributed by atoms with van der Waals surface area (Å²) >= 11 is 3.26. The predicted octanol–water partition coefficient (Wildman–Crippen LogP) is 5.23. The van der Waals surface area contributed by atoms with E-state index in [1.807, 2.05) is 30.3 Å². The number of pyridine rings is 1. The minimum absolute atomic E-state index is 0.313. The second-order valence-corrected chi connectivity index (χ2v) is 5.67. The monoisotopic (exact) mass is 357 g/mol. The number of hydrogen-bond donors (Lipinski definition) is 0. The van der Waals surface area contributed by atoms with Crippen molar-refractivity contribution in [3.63, 3.8) is 0 Å². The average molecular weight is 358 g/mol. The fraction of sp³-hybridized carbons (Fsp3) is 0.0556. The standard InChI is InChI=1S/C18H13BrFNO/c19-14-8-9-15(17(20)11-14)16-7-4-10-21-18(16)22-12-13-5-2-1-3-6-13/h1-11H,12H2. The van der Waals surface area contributed by atoms with Gasteiger partial charge in [-0.25, -0.2) is 9.37 Å². The van der Waals surface area contributed by atoms with Crippen molar-refractivity contribution < 1.29 is 9.13 Å². The van der Waals surface area contributed by atoms with Crippen LogP contribution in [0.3, 0.4) is 0 Å². The highest BCUT2D eigenvalue weighted by Gasteiger charge is 2.12. The Morgan fingerprint density at radius 2 is 1.77 bits per heavy atom. The number of halogens is 2. The van der Waals surface area contributed by atoms with Gasteiger partial charge in [0.2, 0.25) is 5.88 Å². The summed E-state index contributed by atoms with van der Waals surface area (Å²) in [5.41, 5.74) is 2.15. The number of aromatic nitrogens is 1. The van der Waals surface area contributed by atoms with Gasteiger partial charge in [-0.2, -0.15) is 0 Å². The molecule has 22 heavy (non-hydrogen) atoms. The zero-order valence-electron chi connectivity index (χ0n) is 11.7. The SMILES string of the molecule is Fc1cc(Br)ccc1-c1cccnc1OCc1ccccc1. The maximum absolute atomic E-state index is 14.2. The number of ether oxygens (including phenoxy) is 1. The van der Waals surface area contributed by atoms with Crippen LogP contribution in [0.4, 0.5) is 4.39 Å². The first-order chi connectivity index (χ1) is 10.7. The molecule has 0 fully saturated rings. The average Bonchev–Trinajstić information content (AvgIpc) is 2.54. The molecule has 0 bridgehead atoms. The lowest BCUT2D eigenvalue weighted by Gasteiger charge is -2.11. The maximum atomic E-state index is 14.2. The van der Waals surface area contributed by atoms with Gasteiger partial charge in [0.1, 0.15) is 12.4 Å². The van der Waals surface area contributed by atoms with Gasteiger partial charge in [0.15, 0.2) is 0 Å². The summed E-state index contributed by atoms with van der Waals surface area (Å²) < 4.78 is 20.6. The van der Waals surface area contributed by atoms with Crippen LogP contribution in [0, 0.1) is 5.82 Å². The molecule has 0 aliphatic carbocycles. The van der Waals surface area contributed by atoms with Crippen molar-refractivity contribution in [2.45, 2.75) is 6.61 Å². The molecular formula is C18H13BrFNO. The van der Waals surface area contributed by atoms with Crippen LogP contribution in [0.15, 0.2) is 71.3 Å². The van der Waals surface area contributed by atoms with E-state index in [9.17, 15) is 4.39 Å². The Bertz CT molecular complexity index is 777. The minimum atomic E-state index is -0.313. The first-order valence-electron chi connectivity index (χ1n) is 6.81. The van der Waals surface area contributed by atoms with E-state index >= 15 is 0 Å². The van der Waals surface area contributed by atoms with E-state index in [1.165, 1.54) is 6.07 Å². The van der Waals surface area contributed by atoms with Crippen LogP contribution in [0.5, 0.6) is 5.88 Å². The van der Waals surface area contributed by atoms with E-state index in [1.54, 1.807) is 30.5 Å². The van der Waals surface area contributed by atoms with Crippen LogP contribution >= 0.6 is 15.9 Å². The second-order valence-electron chi connectivity index (χ2n) is 4.75. The van der Waals surface area contributed by atoms with E-state index in [0.29, 0.717) is 28.1 Å². The number of rotatable bonds is 4. The molecule has 4 heteroatoms. The summed E-state index contributed by atoms with van der Waals surface area (Å²) in [6, 6.07) is 18.3. The highest BCUT2D eigenvalue weighted by Crippen LogP contribution is 2.31. The lowest BCUT2D eigenvalue weighted by Crippen LogP contribution is -1.99. The summed E-state index contributed by atoms with van der Waals surface area (Å²) in [6.07, 6.45) is 1.64. The molecule has 0 atom stereocenters. The van der Waals surface area contributed by atoms with E-state index in [0.717, 1.165) is 5.56 Å². The molecule has 0 radical (unpaired) electrons. The second kappa shape index (κ2) is 6.71. The minimum Gasteiger partial charge on any atom is -0.472 e. The molecule has 0 aliphatic heterocycles. The van der Waals surface area contributed by atoms with Crippen molar-refractivity contribution >= 4 is 15.9 Å². The van der Waals surface area contributed by atoms with Gasteiger partial charge in [-0.3, -0.25) is 0 Å². The molecule has 0 saturated carbocycles. The first kappa shape index (κ1) is 14.7. The van der Waals surface area contributed by atoms with Crippen LogP contribution in [0.1, 0.15) is 5.56 Å². The molecule has 110 valence electrons. The summed E-state index contributed by atoms with van der Waals surface area (Å²) in [5, 5.41) is 0. The molecule has 0 spiro atoms. The Morgan fingerprint density at radius 3 is 2.55 bits per heavy atom. The molecule has 3 aromatic rings. The molecule has 1 heterocycles. The van der Waals surface area contributed by atoms with Crippen molar-refractivity contribution in [1.29, 1.82) is 0 Å². The Labute approximate surface area is 136 Å². The topological polar surface area (TPSA) is 22.1 Å². The zero-order chi connectivity index (χ0) is 15.4. The van der Waals surface area contributed by atoms with Crippen LogP contribution in [-0.2, 0) is 6.61 Å². The Balaban J connectivity index is 1.90. The number of hydrogen-bond acceptors (Lipinski definition) is 2. The summed E-state index contributed by atoms with van der Waals surface area (Å²) in [4.78, 5) is 4.23. The first-order valence-corrected chi connectivity index (χ1v) is 7.60. The molecule has 3 rings (SSSR count). The fourth-order valence-corrected chi connectivity index (χ4v) is 2.48. The largest absolute Gasteiger partial charge is 0.472 e. The fourth-order valence-electron chi connectivity index (χ4n) is 2.14. The molecule has 0 unspecified atom stereocenters. The highest BCUT2D eigenvalue weighted by atomic mass is 79.9. The van der Waals surface area contributed by atoms with Gasteiger partial charge < -0.3 is 4.74 Å². The van der Waals surface area contributed by atoms with E-state index in [2.05, 4.69) is 20.9 Å². The van der Waals surface area contributed by atoms with Crippen LogP contribution in [0.25, 0.3) is 11.1 Å². The Morgan fingerprint density at radius 1 is 0.955 bits per heavy atom.